The maximum atomic E-state index is 6.22. The van der Waals surface area contributed by atoms with Crippen molar-refractivity contribution in [2.45, 2.75) is 39.1 Å². The van der Waals surface area contributed by atoms with Gasteiger partial charge < -0.3 is 9.30 Å². The van der Waals surface area contributed by atoms with Crippen LogP contribution in [0.3, 0.4) is 0 Å². The zero-order valence-electron chi connectivity index (χ0n) is 12.3. The van der Waals surface area contributed by atoms with Crippen molar-refractivity contribution in [3.05, 3.63) is 24.3 Å². The Morgan fingerprint density at radius 2 is 2.10 bits per heavy atom. The summed E-state index contributed by atoms with van der Waals surface area (Å²) in [5.41, 5.74) is 1.95. The molecule has 1 unspecified atom stereocenters. The minimum Gasteiger partial charge on any atom is -0.380 e. The number of fused-ring (bicyclic) bond motifs is 1. The van der Waals surface area contributed by atoms with Gasteiger partial charge in [-0.25, -0.2) is 4.98 Å². The molecular weight excluding hydrogens is 274 g/mol. The largest absolute Gasteiger partial charge is 0.380 e. The van der Waals surface area contributed by atoms with E-state index in [1.807, 2.05) is 13.0 Å². The standard InChI is InChI=1S/C15H22ClN3O/c1-11(2)5-8-20-9-7-19-14-4-6-17-10-13(14)18-15(19)12(3)16/h4,6,10-12H,5,7-9H2,1-3H3. The Morgan fingerprint density at radius 1 is 1.30 bits per heavy atom. The van der Waals surface area contributed by atoms with Gasteiger partial charge in [0.1, 0.15) is 11.3 Å². The predicted molar refractivity (Wildman–Crippen MR) is 82.1 cm³/mol. The first-order chi connectivity index (χ1) is 9.59. The van der Waals surface area contributed by atoms with Gasteiger partial charge in [-0.05, 0) is 25.3 Å². The van der Waals surface area contributed by atoms with Crippen molar-refractivity contribution in [2.75, 3.05) is 13.2 Å². The van der Waals surface area contributed by atoms with Crippen molar-refractivity contribution in [3.63, 3.8) is 0 Å². The van der Waals surface area contributed by atoms with E-state index in [9.17, 15) is 0 Å². The summed E-state index contributed by atoms with van der Waals surface area (Å²) < 4.78 is 7.82. The number of ether oxygens (including phenoxy) is 1. The smallest absolute Gasteiger partial charge is 0.127 e. The molecule has 20 heavy (non-hydrogen) atoms. The fourth-order valence-electron chi connectivity index (χ4n) is 2.12. The van der Waals surface area contributed by atoms with Gasteiger partial charge in [-0.15, -0.1) is 11.6 Å². The van der Waals surface area contributed by atoms with E-state index < -0.39 is 0 Å². The SMILES string of the molecule is CC(C)CCOCCn1c(C(C)Cl)nc2cnccc21. The summed E-state index contributed by atoms with van der Waals surface area (Å²) in [5.74, 6) is 1.55. The molecule has 0 aliphatic rings. The van der Waals surface area contributed by atoms with Gasteiger partial charge in [-0.2, -0.15) is 0 Å². The van der Waals surface area contributed by atoms with E-state index >= 15 is 0 Å². The van der Waals surface area contributed by atoms with Crippen LogP contribution in [0, 0.1) is 5.92 Å². The number of aromatic nitrogens is 3. The summed E-state index contributed by atoms with van der Waals surface area (Å²) in [7, 11) is 0. The van der Waals surface area contributed by atoms with E-state index in [0.717, 1.165) is 36.4 Å². The average Bonchev–Trinajstić information content (AvgIpc) is 2.77. The molecule has 0 saturated carbocycles. The molecule has 2 aromatic heterocycles. The molecule has 0 aromatic carbocycles. The number of nitrogens with zero attached hydrogens (tertiary/aromatic N) is 3. The van der Waals surface area contributed by atoms with Crippen molar-refractivity contribution in [1.82, 2.24) is 14.5 Å². The summed E-state index contributed by atoms with van der Waals surface area (Å²) in [4.78, 5) is 8.66. The monoisotopic (exact) mass is 295 g/mol. The second kappa shape index (κ2) is 7.04. The van der Waals surface area contributed by atoms with E-state index in [-0.39, 0.29) is 5.38 Å². The normalized spacial score (nSPS) is 13.2. The predicted octanol–water partition coefficient (Wildman–Crippen LogP) is 3.79. The van der Waals surface area contributed by atoms with Gasteiger partial charge in [0, 0.05) is 19.3 Å². The van der Waals surface area contributed by atoms with Crippen molar-refractivity contribution in [1.29, 1.82) is 0 Å². The number of hydrogen-bond donors (Lipinski definition) is 0. The number of alkyl halides is 1. The van der Waals surface area contributed by atoms with Crippen LogP contribution in [0.4, 0.5) is 0 Å². The minimum absolute atomic E-state index is 0.127. The molecule has 4 nitrogen and oxygen atoms in total. The number of imidazole rings is 1. The third kappa shape index (κ3) is 3.70. The topological polar surface area (TPSA) is 39.9 Å². The molecule has 110 valence electrons. The Balaban J connectivity index is 2.06. The molecule has 2 aromatic rings. The van der Waals surface area contributed by atoms with Crippen LogP contribution in [0.15, 0.2) is 18.5 Å². The van der Waals surface area contributed by atoms with E-state index in [1.54, 1.807) is 12.4 Å². The number of halogens is 1. The lowest BCUT2D eigenvalue weighted by atomic mass is 10.1. The summed E-state index contributed by atoms with van der Waals surface area (Å²) in [6.45, 7) is 8.59. The van der Waals surface area contributed by atoms with Crippen LogP contribution in [0.2, 0.25) is 0 Å². The van der Waals surface area contributed by atoms with Gasteiger partial charge in [0.05, 0.1) is 23.7 Å². The molecular formula is C15H22ClN3O. The molecule has 0 N–H and O–H groups in total. The van der Waals surface area contributed by atoms with Crippen LogP contribution < -0.4 is 0 Å². The van der Waals surface area contributed by atoms with Gasteiger partial charge in [-0.1, -0.05) is 13.8 Å². The lowest BCUT2D eigenvalue weighted by Crippen LogP contribution is -2.11. The van der Waals surface area contributed by atoms with Crippen molar-refractivity contribution in [2.24, 2.45) is 5.92 Å². The van der Waals surface area contributed by atoms with E-state index in [1.165, 1.54) is 0 Å². The van der Waals surface area contributed by atoms with Crippen LogP contribution >= 0.6 is 11.6 Å². The molecule has 1 atom stereocenters. The first kappa shape index (κ1) is 15.3. The Hall–Kier alpha value is -1.13. The van der Waals surface area contributed by atoms with Crippen molar-refractivity contribution in [3.8, 4) is 0 Å². The molecule has 0 fully saturated rings. The molecule has 2 rings (SSSR count). The van der Waals surface area contributed by atoms with Gasteiger partial charge in [0.15, 0.2) is 0 Å². The van der Waals surface area contributed by atoms with Gasteiger partial charge in [-0.3, -0.25) is 4.98 Å². The molecule has 0 spiro atoms. The zero-order valence-corrected chi connectivity index (χ0v) is 13.1. The molecule has 0 saturated heterocycles. The highest BCUT2D eigenvalue weighted by molar-refractivity contribution is 6.20. The number of rotatable bonds is 7. The summed E-state index contributed by atoms with van der Waals surface area (Å²) >= 11 is 6.22. The maximum absolute atomic E-state index is 6.22. The van der Waals surface area contributed by atoms with Crippen molar-refractivity contribution < 1.29 is 4.74 Å². The highest BCUT2D eigenvalue weighted by Gasteiger charge is 2.14. The Labute approximate surface area is 125 Å². The average molecular weight is 296 g/mol. The molecule has 0 aliphatic heterocycles. The van der Waals surface area contributed by atoms with Crippen LogP contribution in [-0.2, 0) is 11.3 Å². The van der Waals surface area contributed by atoms with Crippen LogP contribution in [0.25, 0.3) is 11.0 Å². The van der Waals surface area contributed by atoms with Crippen LogP contribution in [-0.4, -0.2) is 27.7 Å². The van der Waals surface area contributed by atoms with Crippen LogP contribution in [0.1, 0.15) is 38.4 Å². The van der Waals surface area contributed by atoms with Gasteiger partial charge in [0.25, 0.3) is 0 Å². The first-order valence-electron chi connectivity index (χ1n) is 7.11. The fourth-order valence-corrected chi connectivity index (χ4v) is 2.28. The van der Waals surface area contributed by atoms with Gasteiger partial charge in [0.2, 0.25) is 0 Å². The van der Waals surface area contributed by atoms with Crippen LogP contribution in [0.5, 0.6) is 0 Å². The third-order valence-electron chi connectivity index (χ3n) is 3.23. The second-order valence-corrected chi connectivity index (χ2v) is 6.05. The molecule has 0 amide bonds. The Morgan fingerprint density at radius 3 is 2.80 bits per heavy atom. The lowest BCUT2D eigenvalue weighted by molar-refractivity contribution is 0.116. The van der Waals surface area contributed by atoms with E-state index in [2.05, 4.69) is 28.4 Å². The fraction of sp³-hybridized carbons (Fsp3) is 0.600. The molecule has 0 radical (unpaired) electrons. The van der Waals surface area contributed by atoms with Gasteiger partial charge >= 0.3 is 0 Å². The lowest BCUT2D eigenvalue weighted by Gasteiger charge is -2.11. The molecule has 0 bridgehead atoms. The minimum atomic E-state index is -0.127. The molecule has 5 heteroatoms. The Kier molecular flexibility index (Phi) is 5.38. The summed E-state index contributed by atoms with van der Waals surface area (Å²) in [5, 5.41) is -0.127. The quantitative estimate of drug-likeness (QED) is 0.576. The summed E-state index contributed by atoms with van der Waals surface area (Å²) in [6, 6.07) is 1.97. The number of pyridine rings is 1. The second-order valence-electron chi connectivity index (χ2n) is 5.40. The zero-order chi connectivity index (χ0) is 14.5. The van der Waals surface area contributed by atoms with E-state index in [0.29, 0.717) is 12.5 Å². The molecule has 2 heterocycles. The third-order valence-corrected chi connectivity index (χ3v) is 3.43. The maximum Gasteiger partial charge on any atom is 0.127 e. The number of hydrogen-bond acceptors (Lipinski definition) is 3. The van der Waals surface area contributed by atoms with Crippen molar-refractivity contribution >= 4 is 22.6 Å². The summed E-state index contributed by atoms with van der Waals surface area (Å²) in [6.07, 6.45) is 4.64. The highest BCUT2D eigenvalue weighted by Crippen LogP contribution is 2.23. The van der Waals surface area contributed by atoms with E-state index in [4.69, 9.17) is 16.3 Å². The Bertz CT molecular complexity index is 551. The highest BCUT2D eigenvalue weighted by atomic mass is 35.5. The first-order valence-corrected chi connectivity index (χ1v) is 7.55. The molecule has 0 aliphatic carbocycles.